The Kier molecular flexibility index (Phi) is 3.74. The van der Waals surface area contributed by atoms with E-state index in [1.165, 1.54) is 12.5 Å². The van der Waals surface area contributed by atoms with Crippen molar-refractivity contribution < 1.29 is 13.2 Å². The lowest BCUT2D eigenvalue weighted by Crippen LogP contribution is -2.42. The zero-order chi connectivity index (χ0) is 18.4. The molecule has 0 radical (unpaired) electrons. The molecule has 3 N–H and O–H groups in total. The van der Waals surface area contributed by atoms with Crippen LogP contribution in [0.2, 0.25) is 0 Å². The van der Waals surface area contributed by atoms with Crippen LogP contribution in [-0.4, -0.2) is 25.5 Å². The fourth-order valence-electron chi connectivity index (χ4n) is 2.94. The van der Waals surface area contributed by atoms with E-state index in [4.69, 9.17) is 0 Å². The van der Waals surface area contributed by atoms with Gasteiger partial charge in [-0.2, -0.15) is 23.1 Å². The standard InChI is InChI=1S/C17H17F3N6/c1-16(6-3-7-16)26-14-21-9-12-13(24-14)25-15(23-12)22-11-5-2-4-10(8-11)17(18,19)20/h2,4-5,8-9H,3,6-7H2,1H3,(H3,21,22,23,24,25,26). The van der Waals surface area contributed by atoms with Gasteiger partial charge in [-0.05, 0) is 44.4 Å². The van der Waals surface area contributed by atoms with Crippen LogP contribution in [0, 0.1) is 0 Å². The maximum absolute atomic E-state index is 12.8. The molecule has 0 unspecified atom stereocenters. The molecule has 0 atom stereocenters. The number of nitrogens with zero attached hydrogens (tertiary/aromatic N) is 3. The Bertz CT molecular complexity index is 945. The first-order valence-corrected chi connectivity index (χ1v) is 8.26. The number of anilines is 3. The number of alkyl halides is 3. The summed E-state index contributed by atoms with van der Waals surface area (Å²) in [6.45, 7) is 2.12. The first-order valence-electron chi connectivity index (χ1n) is 8.26. The Labute approximate surface area is 147 Å². The Balaban J connectivity index is 1.56. The van der Waals surface area contributed by atoms with Gasteiger partial charge in [-0.25, -0.2) is 4.98 Å². The molecule has 0 amide bonds. The van der Waals surface area contributed by atoms with Gasteiger partial charge in [0, 0.05) is 11.2 Å². The lowest BCUT2D eigenvalue weighted by Gasteiger charge is -2.39. The molecular formula is C17H17F3N6. The molecule has 0 aliphatic heterocycles. The quantitative estimate of drug-likeness (QED) is 0.638. The number of imidazole rings is 1. The molecule has 2 heterocycles. The van der Waals surface area contributed by atoms with Crippen molar-refractivity contribution in [3.05, 3.63) is 36.0 Å². The van der Waals surface area contributed by atoms with Crippen molar-refractivity contribution in [1.82, 2.24) is 19.9 Å². The number of nitrogens with one attached hydrogen (secondary N) is 3. The Hall–Kier alpha value is -2.84. The third-order valence-electron chi connectivity index (χ3n) is 4.56. The highest BCUT2D eigenvalue weighted by Crippen LogP contribution is 2.34. The van der Waals surface area contributed by atoms with Gasteiger partial charge in [0.05, 0.1) is 11.8 Å². The third kappa shape index (κ3) is 3.29. The van der Waals surface area contributed by atoms with Crippen LogP contribution in [-0.2, 0) is 6.18 Å². The number of H-pyrrole nitrogens is 1. The Morgan fingerprint density at radius 3 is 2.69 bits per heavy atom. The van der Waals surface area contributed by atoms with Crippen molar-refractivity contribution in [2.24, 2.45) is 0 Å². The summed E-state index contributed by atoms with van der Waals surface area (Å²) in [5.41, 5.74) is 0.623. The van der Waals surface area contributed by atoms with E-state index in [-0.39, 0.29) is 11.2 Å². The summed E-state index contributed by atoms with van der Waals surface area (Å²) in [5.74, 6) is 0.803. The summed E-state index contributed by atoms with van der Waals surface area (Å²) >= 11 is 0. The summed E-state index contributed by atoms with van der Waals surface area (Å²) in [6, 6.07) is 4.94. The maximum atomic E-state index is 12.8. The molecule has 0 spiro atoms. The monoisotopic (exact) mass is 362 g/mol. The van der Waals surface area contributed by atoms with E-state index in [0.29, 0.717) is 23.1 Å². The summed E-state index contributed by atoms with van der Waals surface area (Å²) in [4.78, 5) is 15.9. The normalized spacial score (nSPS) is 16.3. The highest BCUT2D eigenvalue weighted by molar-refractivity contribution is 5.75. The van der Waals surface area contributed by atoms with E-state index in [1.54, 1.807) is 12.3 Å². The van der Waals surface area contributed by atoms with E-state index in [9.17, 15) is 13.2 Å². The largest absolute Gasteiger partial charge is 0.416 e. The molecule has 1 saturated carbocycles. The predicted molar refractivity (Wildman–Crippen MR) is 92.3 cm³/mol. The summed E-state index contributed by atoms with van der Waals surface area (Å²) in [7, 11) is 0. The summed E-state index contributed by atoms with van der Waals surface area (Å²) < 4.78 is 38.4. The minimum Gasteiger partial charge on any atom is -0.349 e. The van der Waals surface area contributed by atoms with Crippen LogP contribution in [0.25, 0.3) is 11.2 Å². The molecule has 0 bridgehead atoms. The molecule has 9 heteroatoms. The molecule has 1 aromatic carbocycles. The Morgan fingerprint density at radius 2 is 2.00 bits per heavy atom. The second kappa shape index (κ2) is 5.86. The second-order valence-corrected chi connectivity index (χ2v) is 6.76. The van der Waals surface area contributed by atoms with Crippen LogP contribution >= 0.6 is 0 Å². The first kappa shape index (κ1) is 16.6. The molecule has 3 aromatic rings. The highest BCUT2D eigenvalue weighted by atomic mass is 19.4. The lowest BCUT2D eigenvalue weighted by molar-refractivity contribution is -0.137. The lowest BCUT2D eigenvalue weighted by atomic mass is 9.79. The van der Waals surface area contributed by atoms with E-state index >= 15 is 0 Å². The maximum Gasteiger partial charge on any atom is 0.416 e. The minimum atomic E-state index is -4.39. The van der Waals surface area contributed by atoms with Gasteiger partial charge in [0.1, 0.15) is 5.52 Å². The van der Waals surface area contributed by atoms with Gasteiger partial charge in [-0.1, -0.05) is 6.07 Å². The average molecular weight is 362 g/mol. The zero-order valence-electron chi connectivity index (χ0n) is 14.0. The third-order valence-corrected chi connectivity index (χ3v) is 4.56. The fourth-order valence-corrected chi connectivity index (χ4v) is 2.94. The van der Waals surface area contributed by atoms with Crippen LogP contribution in [0.5, 0.6) is 0 Å². The van der Waals surface area contributed by atoms with Gasteiger partial charge in [0.25, 0.3) is 0 Å². The summed E-state index contributed by atoms with van der Waals surface area (Å²) in [6.07, 6.45) is 0.528. The van der Waals surface area contributed by atoms with Crippen LogP contribution in [0.4, 0.5) is 30.8 Å². The number of hydrogen-bond donors (Lipinski definition) is 3. The van der Waals surface area contributed by atoms with Gasteiger partial charge in [0.15, 0.2) is 5.65 Å². The van der Waals surface area contributed by atoms with E-state index in [2.05, 4.69) is 37.5 Å². The van der Waals surface area contributed by atoms with Gasteiger partial charge in [0.2, 0.25) is 11.9 Å². The van der Waals surface area contributed by atoms with Gasteiger partial charge in [-0.15, -0.1) is 0 Å². The van der Waals surface area contributed by atoms with Crippen LogP contribution in [0.1, 0.15) is 31.7 Å². The van der Waals surface area contributed by atoms with Crippen molar-refractivity contribution in [3.63, 3.8) is 0 Å². The topological polar surface area (TPSA) is 78.5 Å². The zero-order valence-corrected chi connectivity index (χ0v) is 14.0. The SMILES string of the molecule is CC1(Nc2ncc3[nH]c(Nc4cccc(C(F)(F)F)c4)nc3n2)CCC1. The molecule has 2 aromatic heterocycles. The summed E-state index contributed by atoms with van der Waals surface area (Å²) in [5, 5.41) is 6.15. The van der Waals surface area contributed by atoms with Crippen LogP contribution < -0.4 is 10.6 Å². The predicted octanol–water partition coefficient (Wildman–Crippen LogP) is 4.47. The van der Waals surface area contributed by atoms with Gasteiger partial charge in [-0.3, -0.25) is 0 Å². The second-order valence-electron chi connectivity index (χ2n) is 6.76. The minimum absolute atomic E-state index is 0.0170. The van der Waals surface area contributed by atoms with Crippen molar-refractivity contribution in [2.45, 2.75) is 37.9 Å². The molecule has 0 saturated heterocycles. The van der Waals surface area contributed by atoms with Gasteiger partial charge < -0.3 is 15.6 Å². The number of hydrogen-bond acceptors (Lipinski definition) is 5. The molecule has 1 aliphatic carbocycles. The van der Waals surface area contributed by atoms with Crippen molar-refractivity contribution in [1.29, 1.82) is 0 Å². The van der Waals surface area contributed by atoms with E-state index < -0.39 is 11.7 Å². The van der Waals surface area contributed by atoms with E-state index in [1.807, 2.05) is 0 Å². The number of aromatic nitrogens is 4. The molecule has 1 fully saturated rings. The molecule has 26 heavy (non-hydrogen) atoms. The number of benzene rings is 1. The fraction of sp³-hybridized carbons (Fsp3) is 0.353. The molecule has 1 aliphatic rings. The molecule has 4 rings (SSSR count). The number of aromatic amines is 1. The van der Waals surface area contributed by atoms with Crippen molar-refractivity contribution >= 4 is 28.7 Å². The number of halogens is 3. The number of rotatable bonds is 4. The smallest absolute Gasteiger partial charge is 0.349 e. The highest BCUT2D eigenvalue weighted by Gasteiger charge is 2.32. The van der Waals surface area contributed by atoms with Crippen molar-refractivity contribution in [3.8, 4) is 0 Å². The molecular weight excluding hydrogens is 345 g/mol. The number of fused-ring (bicyclic) bond motifs is 1. The molecule has 136 valence electrons. The average Bonchev–Trinajstić information content (AvgIpc) is 2.94. The first-order chi connectivity index (χ1) is 12.3. The van der Waals surface area contributed by atoms with Gasteiger partial charge >= 0.3 is 6.18 Å². The Morgan fingerprint density at radius 1 is 1.19 bits per heavy atom. The van der Waals surface area contributed by atoms with Crippen molar-refractivity contribution in [2.75, 3.05) is 10.6 Å². The van der Waals surface area contributed by atoms with Crippen LogP contribution in [0.15, 0.2) is 30.5 Å². The van der Waals surface area contributed by atoms with Crippen LogP contribution in [0.3, 0.4) is 0 Å². The van der Waals surface area contributed by atoms with E-state index in [0.717, 1.165) is 25.0 Å². The molecule has 6 nitrogen and oxygen atoms in total.